The monoisotopic (exact) mass is 236 g/mol. The summed E-state index contributed by atoms with van der Waals surface area (Å²) >= 11 is 5.86. The van der Waals surface area contributed by atoms with Crippen LogP contribution in [0.25, 0.3) is 0 Å². The molecule has 2 saturated carbocycles. The summed E-state index contributed by atoms with van der Waals surface area (Å²) in [5, 5.41) is 4.07. The van der Waals surface area contributed by atoms with Gasteiger partial charge in [0.2, 0.25) is 0 Å². The third-order valence-corrected chi connectivity index (χ3v) is 3.93. The van der Waals surface area contributed by atoms with E-state index in [-0.39, 0.29) is 0 Å². The predicted molar refractivity (Wildman–Crippen MR) is 66.7 cm³/mol. The van der Waals surface area contributed by atoms with E-state index < -0.39 is 0 Å². The summed E-state index contributed by atoms with van der Waals surface area (Å²) in [6.45, 7) is 1.11. The van der Waals surface area contributed by atoms with Crippen LogP contribution in [0.2, 0.25) is 5.15 Å². The average Bonchev–Trinajstić information content (AvgIpc) is 3.13. The fourth-order valence-electron chi connectivity index (χ4n) is 2.52. The molecule has 3 rings (SSSR count). The number of halogens is 1. The minimum absolute atomic E-state index is 0.569. The molecule has 86 valence electrons. The smallest absolute Gasteiger partial charge is 0.131 e. The number of nitrogens with one attached hydrogen (secondary N) is 1. The Hall–Kier alpha value is -0.760. The molecule has 2 fully saturated rings. The van der Waals surface area contributed by atoms with Gasteiger partial charge in [0.1, 0.15) is 5.15 Å². The van der Waals surface area contributed by atoms with Crippen molar-refractivity contribution in [2.24, 2.45) is 17.8 Å². The molecular weight excluding hydrogens is 220 g/mol. The van der Waals surface area contributed by atoms with Crippen LogP contribution in [-0.4, -0.2) is 11.5 Å². The number of hydrogen-bond acceptors (Lipinski definition) is 2. The van der Waals surface area contributed by atoms with Gasteiger partial charge in [0.15, 0.2) is 0 Å². The van der Waals surface area contributed by atoms with Gasteiger partial charge >= 0.3 is 0 Å². The Kier molecular flexibility index (Phi) is 2.76. The van der Waals surface area contributed by atoms with Crippen LogP contribution in [0.4, 0.5) is 5.69 Å². The first-order valence-electron chi connectivity index (χ1n) is 6.18. The molecule has 1 aromatic rings. The molecule has 1 heterocycles. The summed E-state index contributed by atoms with van der Waals surface area (Å²) in [5.74, 6) is 2.89. The number of nitrogens with zero attached hydrogens (tertiary/aromatic N) is 1. The van der Waals surface area contributed by atoms with Gasteiger partial charge in [-0.05, 0) is 55.6 Å². The van der Waals surface area contributed by atoms with Crippen molar-refractivity contribution >= 4 is 17.3 Å². The SMILES string of the molecule is Clc1cc(NCC(C2CC2)C2CC2)ccn1. The van der Waals surface area contributed by atoms with Gasteiger partial charge in [-0.1, -0.05) is 11.6 Å². The lowest BCUT2D eigenvalue weighted by atomic mass is 9.98. The number of anilines is 1. The Balaban J connectivity index is 1.58. The molecule has 16 heavy (non-hydrogen) atoms. The van der Waals surface area contributed by atoms with Gasteiger partial charge in [-0.25, -0.2) is 4.98 Å². The largest absolute Gasteiger partial charge is 0.385 e. The molecule has 0 saturated heterocycles. The van der Waals surface area contributed by atoms with Gasteiger partial charge in [-0.15, -0.1) is 0 Å². The topological polar surface area (TPSA) is 24.9 Å². The van der Waals surface area contributed by atoms with E-state index >= 15 is 0 Å². The summed E-state index contributed by atoms with van der Waals surface area (Å²) in [4.78, 5) is 3.99. The molecule has 3 heteroatoms. The van der Waals surface area contributed by atoms with E-state index in [0.717, 1.165) is 30.0 Å². The second kappa shape index (κ2) is 4.25. The maximum atomic E-state index is 5.86. The molecule has 0 aliphatic heterocycles. The average molecular weight is 237 g/mol. The maximum absolute atomic E-state index is 5.86. The van der Waals surface area contributed by atoms with Crippen molar-refractivity contribution in [3.05, 3.63) is 23.5 Å². The molecule has 0 aromatic carbocycles. The first-order chi connectivity index (χ1) is 7.83. The highest BCUT2D eigenvalue weighted by Gasteiger charge is 2.40. The third kappa shape index (κ3) is 2.49. The molecule has 1 aromatic heterocycles. The molecule has 2 nitrogen and oxygen atoms in total. The van der Waals surface area contributed by atoms with E-state index in [1.165, 1.54) is 25.7 Å². The van der Waals surface area contributed by atoms with Crippen LogP contribution < -0.4 is 5.32 Å². The molecule has 1 N–H and O–H groups in total. The fraction of sp³-hybridized carbons (Fsp3) is 0.615. The molecular formula is C13H17ClN2. The van der Waals surface area contributed by atoms with Crippen molar-refractivity contribution in [2.75, 3.05) is 11.9 Å². The van der Waals surface area contributed by atoms with Crippen molar-refractivity contribution < 1.29 is 0 Å². The van der Waals surface area contributed by atoms with Gasteiger partial charge in [0.25, 0.3) is 0 Å². The van der Waals surface area contributed by atoms with E-state index in [9.17, 15) is 0 Å². The van der Waals surface area contributed by atoms with E-state index in [2.05, 4.69) is 10.3 Å². The molecule has 0 amide bonds. The zero-order valence-corrected chi connectivity index (χ0v) is 10.1. The highest BCUT2D eigenvalue weighted by molar-refractivity contribution is 6.29. The van der Waals surface area contributed by atoms with Crippen molar-refractivity contribution in [3.63, 3.8) is 0 Å². The molecule has 0 radical (unpaired) electrons. The zero-order chi connectivity index (χ0) is 11.0. The lowest BCUT2D eigenvalue weighted by molar-refractivity contribution is 0.428. The predicted octanol–water partition coefficient (Wildman–Crippen LogP) is 3.58. The molecule has 2 aliphatic carbocycles. The fourth-order valence-corrected chi connectivity index (χ4v) is 2.69. The lowest BCUT2D eigenvalue weighted by Gasteiger charge is -2.17. The Morgan fingerprint density at radius 1 is 1.31 bits per heavy atom. The quantitative estimate of drug-likeness (QED) is 0.791. The van der Waals surface area contributed by atoms with Gasteiger partial charge < -0.3 is 5.32 Å². The van der Waals surface area contributed by atoms with Crippen LogP contribution in [0.15, 0.2) is 18.3 Å². The Labute approximate surface area is 101 Å². The highest BCUT2D eigenvalue weighted by atomic mass is 35.5. The summed E-state index contributed by atoms with van der Waals surface area (Å²) in [7, 11) is 0. The van der Waals surface area contributed by atoms with Gasteiger partial charge in [-0.2, -0.15) is 0 Å². The Morgan fingerprint density at radius 2 is 2.00 bits per heavy atom. The van der Waals surface area contributed by atoms with Crippen LogP contribution in [0.1, 0.15) is 25.7 Å². The molecule has 0 unspecified atom stereocenters. The van der Waals surface area contributed by atoms with Crippen molar-refractivity contribution in [1.82, 2.24) is 4.98 Å². The summed E-state index contributed by atoms with van der Waals surface area (Å²) in [6.07, 6.45) is 7.54. The van der Waals surface area contributed by atoms with Crippen LogP contribution in [-0.2, 0) is 0 Å². The van der Waals surface area contributed by atoms with E-state index in [1.807, 2.05) is 12.1 Å². The summed E-state index contributed by atoms with van der Waals surface area (Å²) < 4.78 is 0. The van der Waals surface area contributed by atoms with Crippen molar-refractivity contribution in [2.45, 2.75) is 25.7 Å². The van der Waals surface area contributed by atoms with Gasteiger partial charge in [0.05, 0.1) is 0 Å². The zero-order valence-electron chi connectivity index (χ0n) is 9.32. The van der Waals surface area contributed by atoms with Crippen molar-refractivity contribution in [1.29, 1.82) is 0 Å². The van der Waals surface area contributed by atoms with Crippen LogP contribution in [0.3, 0.4) is 0 Å². The summed E-state index contributed by atoms with van der Waals surface area (Å²) in [6, 6.07) is 3.89. The van der Waals surface area contributed by atoms with E-state index in [1.54, 1.807) is 6.20 Å². The number of pyridine rings is 1. The van der Waals surface area contributed by atoms with Crippen LogP contribution in [0, 0.1) is 17.8 Å². The standard InChI is InChI=1S/C13H17ClN2/c14-13-7-11(5-6-15-13)16-8-12(9-1-2-9)10-3-4-10/h5-7,9-10,12H,1-4,8H2,(H,15,16). The Bertz CT molecular complexity index is 360. The molecule has 0 bridgehead atoms. The highest BCUT2D eigenvalue weighted by Crippen LogP contribution is 2.49. The lowest BCUT2D eigenvalue weighted by Crippen LogP contribution is -2.18. The second-order valence-electron chi connectivity index (χ2n) is 5.09. The molecule has 0 spiro atoms. The molecule has 0 atom stereocenters. The maximum Gasteiger partial charge on any atom is 0.131 e. The van der Waals surface area contributed by atoms with Crippen LogP contribution >= 0.6 is 11.6 Å². The number of hydrogen-bond donors (Lipinski definition) is 1. The van der Waals surface area contributed by atoms with E-state index in [4.69, 9.17) is 11.6 Å². The summed E-state index contributed by atoms with van der Waals surface area (Å²) in [5.41, 5.74) is 1.10. The van der Waals surface area contributed by atoms with Gasteiger partial charge in [0, 0.05) is 18.4 Å². The van der Waals surface area contributed by atoms with Crippen LogP contribution in [0.5, 0.6) is 0 Å². The number of aromatic nitrogens is 1. The van der Waals surface area contributed by atoms with Crippen molar-refractivity contribution in [3.8, 4) is 0 Å². The minimum atomic E-state index is 0.569. The first kappa shape index (κ1) is 10.4. The van der Waals surface area contributed by atoms with E-state index in [0.29, 0.717) is 5.15 Å². The molecule has 2 aliphatic rings. The minimum Gasteiger partial charge on any atom is -0.385 e. The first-order valence-corrected chi connectivity index (χ1v) is 6.56. The third-order valence-electron chi connectivity index (χ3n) is 3.72. The second-order valence-corrected chi connectivity index (χ2v) is 5.47. The number of rotatable bonds is 5. The normalized spacial score (nSPS) is 20.1. The Morgan fingerprint density at radius 3 is 2.56 bits per heavy atom. The van der Waals surface area contributed by atoms with Gasteiger partial charge in [-0.3, -0.25) is 0 Å².